The number of quaternary nitrogens is 1. The van der Waals surface area contributed by atoms with Gasteiger partial charge in [-0.25, -0.2) is 8.78 Å². The van der Waals surface area contributed by atoms with Gasteiger partial charge in [0.15, 0.2) is 0 Å². The average molecular weight is 672 g/mol. The molecule has 6 rings (SSSR count). The fraction of sp³-hybridized carbons (Fsp3) is 0.588. The molecule has 47 heavy (non-hydrogen) atoms. The molecule has 3 N–H and O–H groups in total. The zero-order valence-corrected chi connectivity index (χ0v) is 28.8. The molecule has 1 aromatic heterocycles. The number of alkyl halides is 2. The maximum Gasteiger partial charge on any atom is 0.318 e. The molecule has 254 valence electrons. The zero-order chi connectivity index (χ0) is 33.7. The Hall–Kier alpha value is -3.19. The number of nitrogens with two attached hydrogens (primary N) is 1. The quantitative estimate of drug-likeness (QED) is 0.416. The number of ether oxygens (including phenoxy) is 1. The lowest BCUT2D eigenvalue weighted by atomic mass is 9.71. The van der Waals surface area contributed by atoms with Gasteiger partial charge in [-0.2, -0.15) is 9.97 Å². The van der Waals surface area contributed by atoms with E-state index < -0.39 is 17.2 Å². The van der Waals surface area contributed by atoms with Gasteiger partial charge in [-0.15, -0.1) is 0 Å². The van der Waals surface area contributed by atoms with Crippen molar-refractivity contribution < 1.29 is 23.6 Å². The number of amides is 1. The lowest BCUT2D eigenvalue weighted by molar-refractivity contribution is -0.605. The van der Waals surface area contributed by atoms with E-state index in [1.807, 2.05) is 5.32 Å². The number of likely N-dealkylation sites (N-methyl/N-ethyl adjacent to an activating group) is 1. The summed E-state index contributed by atoms with van der Waals surface area (Å²) in [5.74, 6) is -2.59. The van der Waals surface area contributed by atoms with Crippen molar-refractivity contribution in [3.8, 4) is 6.01 Å². The van der Waals surface area contributed by atoms with Crippen molar-refractivity contribution in [2.45, 2.75) is 56.5 Å². The highest BCUT2D eigenvalue weighted by atomic mass is 35.5. The highest BCUT2D eigenvalue weighted by Crippen LogP contribution is 2.60. The molecule has 2 aliphatic carbocycles. The Kier molecular flexibility index (Phi) is 9.10. The van der Waals surface area contributed by atoms with Gasteiger partial charge in [-0.05, 0) is 51.5 Å². The topological polar surface area (TPSA) is 105 Å². The number of aromatic nitrogens is 2. The van der Waals surface area contributed by atoms with Crippen LogP contribution in [0.25, 0.3) is 0 Å². The molecule has 0 bridgehead atoms. The molecule has 0 radical (unpaired) electrons. The van der Waals surface area contributed by atoms with Gasteiger partial charge in [0, 0.05) is 58.6 Å². The second-order valence-electron chi connectivity index (χ2n) is 14.2. The van der Waals surface area contributed by atoms with Crippen LogP contribution in [0.3, 0.4) is 0 Å². The summed E-state index contributed by atoms with van der Waals surface area (Å²) in [7, 11) is 8.93. The number of carbonyl (C=O) groups is 1. The van der Waals surface area contributed by atoms with Crippen molar-refractivity contribution in [3.63, 3.8) is 0 Å². The predicted octanol–water partition coefficient (Wildman–Crippen LogP) is 2.99. The van der Waals surface area contributed by atoms with Gasteiger partial charge in [-0.1, -0.05) is 35.9 Å². The van der Waals surface area contributed by atoms with Crippen molar-refractivity contribution >= 4 is 29.0 Å². The normalized spacial score (nSPS) is 26.4. The molecule has 1 aromatic carbocycles. The number of nitrogens with one attached hydrogen (secondary N) is 1. The molecule has 2 aliphatic heterocycles. The number of hydrogen-bond donors (Lipinski definition) is 2. The molecule has 1 amide bonds. The molecule has 1 saturated heterocycles. The molecule has 1 spiro atoms. The summed E-state index contributed by atoms with van der Waals surface area (Å²) < 4.78 is 35.5. The summed E-state index contributed by atoms with van der Waals surface area (Å²) in [5.41, 5.74) is 3.41. The van der Waals surface area contributed by atoms with E-state index in [4.69, 9.17) is 31.7 Å². The van der Waals surface area contributed by atoms with Gasteiger partial charge >= 0.3 is 6.01 Å². The predicted molar refractivity (Wildman–Crippen MR) is 177 cm³/mol. The van der Waals surface area contributed by atoms with Crippen LogP contribution in [0.2, 0.25) is 0 Å². The number of benzene rings is 1. The molecule has 1 saturated carbocycles. The van der Waals surface area contributed by atoms with Gasteiger partial charge in [0.25, 0.3) is 11.8 Å². The van der Waals surface area contributed by atoms with Crippen LogP contribution in [-0.2, 0) is 29.7 Å². The third kappa shape index (κ3) is 6.25. The third-order valence-electron chi connectivity index (χ3n) is 10.3. The van der Waals surface area contributed by atoms with Crippen LogP contribution >= 0.6 is 11.6 Å². The number of fused-ring (bicyclic) bond motifs is 3. The summed E-state index contributed by atoms with van der Waals surface area (Å²) in [4.78, 5) is 30.1. The minimum absolute atomic E-state index is 0.101. The molecule has 1 unspecified atom stereocenters. The number of hydrogen-bond acceptors (Lipinski definition) is 8. The van der Waals surface area contributed by atoms with Crippen molar-refractivity contribution in [1.82, 2.24) is 24.7 Å². The minimum atomic E-state index is -2.81. The molecule has 2 fully saturated rings. The summed E-state index contributed by atoms with van der Waals surface area (Å²) in [5, 5.41) is 10.6. The first-order valence-electron chi connectivity index (χ1n) is 16.4. The van der Waals surface area contributed by atoms with Gasteiger partial charge in [0.2, 0.25) is 0 Å². The average Bonchev–Trinajstić information content (AvgIpc) is 3.67. The van der Waals surface area contributed by atoms with E-state index in [1.165, 1.54) is 16.0 Å². The maximum atomic E-state index is 14.7. The number of rotatable bonds is 8. The molecule has 4 aliphatic rings. The Balaban J connectivity index is 1.40. The van der Waals surface area contributed by atoms with Crippen LogP contribution in [0.5, 0.6) is 6.01 Å². The number of nitrogens with zero attached hydrogens (tertiary/aromatic N) is 6. The standard InChI is InChI=1S/C34H45ClF2N8O2/c1-42(2)20-32(19-34(32,36)37)21-47-31-40-25-16-33(13-8-11-22-10-6-7-12-24(22)33)44(5)17-23(25)29(41-31)45-15-9-14-39-26(18-45)27(35)28(38)30(46)43(3)4/h6-7,10,12,38-39H,8-9,11,13-21H2,1-5H3/p+1/b27-26+,38-28?/t32?,33-/m0/s1. The molecule has 3 heterocycles. The minimum Gasteiger partial charge on any atom is -0.463 e. The molecule has 2 aromatic rings. The van der Waals surface area contributed by atoms with Gasteiger partial charge in [0.05, 0.1) is 29.7 Å². The van der Waals surface area contributed by atoms with Crippen LogP contribution in [0, 0.1) is 10.8 Å². The smallest absolute Gasteiger partial charge is 0.318 e. The molecular formula is C34H46ClF2N8O2+. The first kappa shape index (κ1) is 33.7. The van der Waals surface area contributed by atoms with E-state index in [-0.39, 0.29) is 41.9 Å². The largest absolute Gasteiger partial charge is 0.463 e. The first-order valence-corrected chi connectivity index (χ1v) is 16.8. The Morgan fingerprint density at radius 2 is 1.89 bits per heavy atom. The lowest BCUT2D eigenvalue weighted by Gasteiger charge is -2.49. The molecule has 13 heteroatoms. The van der Waals surface area contributed by atoms with E-state index in [1.54, 1.807) is 33.1 Å². The number of carbonyl (C=O) groups excluding carboxylic acids is 1. The fourth-order valence-electron chi connectivity index (χ4n) is 7.70. The van der Waals surface area contributed by atoms with Crippen molar-refractivity contribution in [2.75, 3.05) is 72.9 Å². The third-order valence-corrected chi connectivity index (χ3v) is 10.7. The van der Waals surface area contributed by atoms with Crippen LogP contribution in [0.4, 0.5) is 14.6 Å². The van der Waals surface area contributed by atoms with E-state index in [0.717, 1.165) is 43.5 Å². The van der Waals surface area contributed by atoms with Crippen LogP contribution in [-0.4, -0.2) is 110 Å². The molecule has 2 atom stereocenters. The van der Waals surface area contributed by atoms with Gasteiger partial charge < -0.3 is 24.8 Å². The summed E-state index contributed by atoms with van der Waals surface area (Å²) in [6.07, 6.45) is 4.31. The SMILES string of the molecule is CN(C)CC1(COc2nc3c(c(N4CCC[NH2+]/C(=C(/Cl)C(=N)C(=O)N(C)C)C4)n2)CN(C)[C@@]2(CCCc4ccccc42)C3)CC1(F)F. The summed E-state index contributed by atoms with van der Waals surface area (Å²) in [6, 6.07) is 8.73. The van der Waals surface area contributed by atoms with Crippen LogP contribution in [0.15, 0.2) is 35.0 Å². The Morgan fingerprint density at radius 3 is 2.60 bits per heavy atom. The second-order valence-corrected chi connectivity index (χ2v) is 14.6. The highest BCUT2D eigenvalue weighted by Gasteiger charge is 2.71. The number of halogens is 3. The number of aryl methyl sites for hydroxylation is 1. The summed E-state index contributed by atoms with van der Waals surface area (Å²) >= 11 is 6.70. The van der Waals surface area contributed by atoms with E-state index in [2.05, 4.69) is 41.1 Å². The second kappa shape index (κ2) is 12.7. The Labute approximate surface area is 280 Å². The first-order chi connectivity index (χ1) is 22.3. The Bertz CT molecular complexity index is 1600. The van der Waals surface area contributed by atoms with Crippen LogP contribution < -0.4 is 15.0 Å². The van der Waals surface area contributed by atoms with E-state index >= 15 is 0 Å². The summed E-state index contributed by atoms with van der Waals surface area (Å²) in [6.45, 7) is 2.34. The van der Waals surface area contributed by atoms with Crippen molar-refractivity contribution in [2.24, 2.45) is 5.41 Å². The fourth-order valence-corrected chi connectivity index (χ4v) is 7.91. The number of anilines is 1. The maximum absolute atomic E-state index is 14.7. The van der Waals surface area contributed by atoms with E-state index in [0.29, 0.717) is 37.6 Å². The van der Waals surface area contributed by atoms with Gasteiger partial charge in [-0.3, -0.25) is 15.1 Å². The molecular weight excluding hydrogens is 626 g/mol. The van der Waals surface area contributed by atoms with E-state index in [9.17, 15) is 13.6 Å². The van der Waals surface area contributed by atoms with Crippen molar-refractivity contribution in [1.29, 1.82) is 5.41 Å². The Morgan fingerprint density at radius 1 is 1.15 bits per heavy atom. The monoisotopic (exact) mass is 671 g/mol. The lowest BCUT2D eigenvalue weighted by Crippen LogP contribution is -2.83. The highest BCUT2D eigenvalue weighted by molar-refractivity contribution is 6.58. The molecule has 10 nitrogen and oxygen atoms in total. The van der Waals surface area contributed by atoms with Crippen LogP contribution in [0.1, 0.15) is 48.1 Å². The zero-order valence-electron chi connectivity index (χ0n) is 28.0. The van der Waals surface area contributed by atoms with Gasteiger partial charge in [0.1, 0.15) is 28.9 Å². The van der Waals surface area contributed by atoms with Crippen molar-refractivity contribution in [3.05, 3.63) is 57.4 Å².